The van der Waals surface area contributed by atoms with Crippen molar-refractivity contribution in [3.05, 3.63) is 100 Å². The highest BCUT2D eigenvalue weighted by Crippen LogP contribution is 2.25. The average molecular weight is 474 g/mol. The van der Waals surface area contributed by atoms with Crippen molar-refractivity contribution < 1.29 is 19.1 Å². The van der Waals surface area contributed by atoms with Crippen molar-refractivity contribution >= 4 is 28.5 Å². The Labute approximate surface area is 203 Å². The van der Waals surface area contributed by atoms with E-state index in [9.17, 15) is 14.0 Å². The fraction of sp³-hybridized carbons (Fsp3) is 0.214. The molecule has 4 rings (SSSR count). The van der Waals surface area contributed by atoms with Gasteiger partial charge in [0, 0.05) is 42.4 Å². The Hall–Kier alpha value is -3.97. The SMILES string of the molecule is Cc1ccc(Cn2cc(C(=O)Nc3ccc(CNCCC(=O)O)cc3)c3cc(F)ccc32)cc1C. The van der Waals surface area contributed by atoms with Gasteiger partial charge in [-0.05, 0) is 66.4 Å². The first-order valence-electron chi connectivity index (χ1n) is 11.5. The van der Waals surface area contributed by atoms with Crippen molar-refractivity contribution in [2.75, 3.05) is 11.9 Å². The van der Waals surface area contributed by atoms with Crippen LogP contribution in [0.3, 0.4) is 0 Å². The molecule has 1 aromatic heterocycles. The Morgan fingerprint density at radius 1 is 0.943 bits per heavy atom. The predicted octanol–water partition coefficient (Wildman–Crippen LogP) is 5.26. The van der Waals surface area contributed by atoms with E-state index in [1.807, 2.05) is 16.7 Å². The van der Waals surface area contributed by atoms with Gasteiger partial charge in [0.15, 0.2) is 0 Å². The van der Waals surface area contributed by atoms with Gasteiger partial charge in [-0.2, -0.15) is 0 Å². The third kappa shape index (κ3) is 5.94. The lowest BCUT2D eigenvalue weighted by Crippen LogP contribution is -2.17. The van der Waals surface area contributed by atoms with E-state index in [-0.39, 0.29) is 12.3 Å². The van der Waals surface area contributed by atoms with Crippen LogP contribution in [0.5, 0.6) is 0 Å². The Kier molecular flexibility index (Phi) is 7.27. The summed E-state index contributed by atoms with van der Waals surface area (Å²) in [5, 5.41) is 15.2. The largest absolute Gasteiger partial charge is 0.481 e. The summed E-state index contributed by atoms with van der Waals surface area (Å²) >= 11 is 0. The molecule has 7 heteroatoms. The molecule has 0 saturated heterocycles. The number of carboxylic acids is 1. The number of nitrogens with zero attached hydrogens (tertiary/aromatic N) is 1. The number of halogens is 1. The molecule has 3 N–H and O–H groups in total. The molecule has 0 radical (unpaired) electrons. The summed E-state index contributed by atoms with van der Waals surface area (Å²) in [4.78, 5) is 23.7. The molecule has 1 amide bonds. The number of rotatable bonds is 9. The van der Waals surface area contributed by atoms with Crippen LogP contribution in [-0.2, 0) is 17.9 Å². The number of hydrogen-bond donors (Lipinski definition) is 3. The van der Waals surface area contributed by atoms with Crippen LogP contribution in [0, 0.1) is 19.7 Å². The number of fused-ring (bicyclic) bond motifs is 1. The van der Waals surface area contributed by atoms with E-state index in [2.05, 4.69) is 42.7 Å². The number of anilines is 1. The van der Waals surface area contributed by atoms with Crippen LogP contribution in [-0.4, -0.2) is 28.1 Å². The zero-order chi connectivity index (χ0) is 24.9. The van der Waals surface area contributed by atoms with E-state index >= 15 is 0 Å². The minimum absolute atomic E-state index is 0.0614. The smallest absolute Gasteiger partial charge is 0.304 e. The summed E-state index contributed by atoms with van der Waals surface area (Å²) in [5.74, 6) is -1.55. The van der Waals surface area contributed by atoms with Crippen LogP contribution in [0.15, 0.2) is 66.9 Å². The quantitative estimate of drug-likeness (QED) is 0.290. The van der Waals surface area contributed by atoms with Crippen molar-refractivity contribution in [1.82, 2.24) is 9.88 Å². The summed E-state index contributed by atoms with van der Waals surface area (Å²) in [7, 11) is 0. The van der Waals surface area contributed by atoms with Crippen molar-refractivity contribution in [3.8, 4) is 0 Å². The maximum atomic E-state index is 14.1. The van der Waals surface area contributed by atoms with E-state index in [4.69, 9.17) is 5.11 Å². The molecule has 35 heavy (non-hydrogen) atoms. The Morgan fingerprint density at radius 3 is 2.40 bits per heavy atom. The summed E-state index contributed by atoms with van der Waals surface area (Å²) in [6, 6.07) is 18.1. The summed E-state index contributed by atoms with van der Waals surface area (Å²) in [5.41, 5.74) is 6.31. The van der Waals surface area contributed by atoms with E-state index in [1.54, 1.807) is 24.4 Å². The highest BCUT2D eigenvalue weighted by molar-refractivity contribution is 6.13. The van der Waals surface area contributed by atoms with Crippen LogP contribution < -0.4 is 10.6 Å². The lowest BCUT2D eigenvalue weighted by atomic mass is 10.1. The first-order valence-corrected chi connectivity index (χ1v) is 11.5. The normalized spacial score (nSPS) is 11.1. The number of nitrogens with one attached hydrogen (secondary N) is 2. The Balaban J connectivity index is 1.51. The number of aryl methyl sites for hydroxylation is 2. The van der Waals surface area contributed by atoms with Crippen LogP contribution >= 0.6 is 0 Å². The summed E-state index contributed by atoms with van der Waals surface area (Å²) in [6.07, 6.45) is 1.83. The molecule has 0 atom stereocenters. The van der Waals surface area contributed by atoms with Gasteiger partial charge in [-0.1, -0.05) is 30.3 Å². The lowest BCUT2D eigenvalue weighted by Gasteiger charge is -2.08. The average Bonchev–Trinajstić information content (AvgIpc) is 3.17. The van der Waals surface area contributed by atoms with Crippen LogP contribution in [0.4, 0.5) is 10.1 Å². The number of aromatic nitrogens is 1. The molecule has 0 aliphatic rings. The number of carbonyl (C=O) groups is 2. The zero-order valence-electron chi connectivity index (χ0n) is 19.8. The van der Waals surface area contributed by atoms with Crippen molar-refractivity contribution in [2.24, 2.45) is 0 Å². The highest BCUT2D eigenvalue weighted by Gasteiger charge is 2.17. The van der Waals surface area contributed by atoms with Gasteiger partial charge in [0.1, 0.15) is 5.82 Å². The van der Waals surface area contributed by atoms with Gasteiger partial charge in [0.2, 0.25) is 0 Å². The number of benzene rings is 3. The first-order chi connectivity index (χ1) is 16.8. The van der Waals surface area contributed by atoms with E-state index < -0.39 is 11.8 Å². The molecular formula is C28H28FN3O3. The van der Waals surface area contributed by atoms with E-state index in [0.29, 0.717) is 36.3 Å². The monoisotopic (exact) mass is 473 g/mol. The second-order valence-electron chi connectivity index (χ2n) is 8.72. The number of amides is 1. The fourth-order valence-electron chi connectivity index (χ4n) is 4.01. The molecule has 0 saturated carbocycles. The van der Waals surface area contributed by atoms with Gasteiger partial charge in [-0.3, -0.25) is 9.59 Å². The van der Waals surface area contributed by atoms with Crippen molar-refractivity contribution in [2.45, 2.75) is 33.4 Å². The van der Waals surface area contributed by atoms with Gasteiger partial charge in [0.25, 0.3) is 5.91 Å². The van der Waals surface area contributed by atoms with E-state index in [0.717, 1.165) is 16.6 Å². The minimum Gasteiger partial charge on any atom is -0.481 e. The zero-order valence-corrected chi connectivity index (χ0v) is 19.8. The topological polar surface area (TPSA) is 83.4 Å². The van der Waals surface area contributed by atoms with Crippen molar-refractivity contribution in [3.63, 3.8) is 0 Å². The molecule has 0 aliphatic heterocycles. The Morgan fingerprint density at radius 2 is 1.69 bits per heavy atom. The number of hydrogen-bond acceptors (Lipinski definition) is 3. The number of aliphatic carboxylic acids is 1. The van der Waals surface area contributed by atoms with Gasteiger partial charge in [0.05, 0.1) is 12.0 Å². The molecule has 0 spiro atoms. The predicted molar refractivity (Wildman–Crippen MR) is 135 cm³/mol. The lowest BCUT2D eigenvalue weighted by molar-refractivity contribution is -0.136. The second-order valence-corrected chi connectivity index (χ2v) is 8.72. The maximum Gasteiger partial charge on any atom is 0.304 e. The fourth-order valence-corrected chi connectivity index (χ4v) is 4.01. The highest BCUT2D eigenvalue weighted by atomic mass is 19.1. The Bertz CT molecular complexity index is 1380. The molecule has 0 bridgehead atoms. The van der Waals surface area contributed by atoms with Crippen LogP contribution in [0.1, 0.15) is 39.0 Å². The molecule has 0 fully saturated rings. The third-order valence-corrected chi connectivity index (χ3v) is 6.07. The standard InChI is InChI=1S/C28H28FN3O3/c1-18-3-4-21(13-19(18)2)16-32-17-25(24-14-22(29)7-10-26(24)32)28(35)31-23-8-5-20(6-9-23)15-30-12-11-27(33)34/h3-10,13-14,17,30H,11-12,15-16H2,1-2H3,(H,31,35)(H,33,34). The van der Waals surface area contributed by atoms with Gasteiger partial charge >= 0.3 is 5.97 Å². The molecule has 180 valence electrons. The van der Waals surface area contributed by atoms with Gasteiger partial charge in [-0.25, -0.2) is 4.39 Å². The second kappa shape index (κ2) is 10.5. The molecule has 3 aromatic carbocycles. The van der Waals surface area contributed by atoms with Gasteiger partial charge < -0.3 is 20.3 Å². The molecule has 4 aromatic rings. The number of carbonyl (C=O) groups excluding carboxylic acids is 1. The molecular weight excluding hydrogens is 445 g/mol. The third-order valence-electron chi connectivity index (χ3n) is 6.07. The summed E-state index contributed by atoms with van der Waals surface area (Å²) < 4.78 is 16.0. The minimum atomic E-state index is -0.842. The van der Waals surface area contributed by atoms with Gasteiger partial charge in [-0.15, -0.1) is 0 Å². The van der Waals surface area contributed by atoms with Crippen LogP contribution in [0.2, 0.25) is 0 Å². The summed E-state index contributed by atoms with van der Waals surface area (Å²) in [6.45, 7) is 5.62. The molecule has 1 heterocycles. The van der Waals surface area contributed by atoms with Crippen molar-refractivity contribution in [1.29, 1.82) is 0 Å². The number of carboxylic acid groups (broad SMARTS) is 1. The molecule has 0 unspecified atom stereocenters. The first kappa shape index (κ1) is 24.2. The van der Waals surface area contributed by atoms with Crippen LogP contribution in [0.25, 0.3) is 10.9 Å². The molecule has 0 aliphatic carbocycles. The maximum absolute atomic E-state index is 14.1. The van der Waals surface area contributed by atoms with E-state index in [1.165, 1.54) is 23.3 Å². The molecule has 6 nitrogen and oxygen atoms in total.